The minimum absolute atomic E-state index is 0.214. The zero-order valence-electron chi connectivity index (χ0n) is 17.3. The first-order valence-corrected chi connectivity index (χ1v) is 10.1. The predicted octanol–water partition coefficient (Wildman–Crippen LogP) is 3.96. The fourth-order valence-electron chi connectivity index (χ4n) is 3.29. The summed E-state index contributed by atoms with van der Waals surface area (Å²) in [5.74, 6) is 2.07. The van der Waals surface area contributed by atoms with Crippen molar-refractivity contribution < 1.29 is 14.3 Å². The van der Waals surface area contributed by atoms with E-state index in [9.17, 15) is 4.79 Å². The van der Waals surface area contributed by atoms with E-state index in [0.717, 1.165) is 30.0 Å². The van der Waals surface area contributed by atoms with Crippen molar-refractivity contribution in [2.24, 2.45) is 0 Å². The number of aromatic nitrogens is 2. The molecular formula is C21H29N5O3. The van der Waals surface area contributed by atoms with Crippen molar-refractivity contribution in [2.45, 2.75) is 39.7 Å². The van der Waals surface area contributed by atoms with Crippen LogP contribution < -0.4 is 15.4 Å². The number of hydrogen-bond donors (Lipinski definition) is 2. The van der Waals surface area contributed by atoms with Crippen molar-refractivity contribution in [1.82, 2.24) is 14.9 Å². The number of amides is 1. The molecule has 3 rings (SSSR count). The van der Waals surface area contributed by atoms with Gasteiger partial charge in [0.05, 0.1) is 18.9 Å². The van der Waals surface area contributed by atoms with Gasteiger partial charge in [-0.05, 0) is 45.7 Å². The summed E-state index contributed by atoms with van der Waals surface area (Å²) in [5, 5.41) is 6.73. The van der Waals surface area contributed by atoms with Gasteiger partial charge in [-0.25, -0.2) is 9.78 Å². The molecule has 2 N–H and O–H groups in total. The Morgan fingerprint density at radius 2 is 1.93 bits per heavy atom. The van der Waals surface area contributed by atoms with Crippen LogP contribution in [0.3, 0.4) is 0 Å². The summed E-state index contributed by atoms with van der Waals surface area (Å²) in [7, 11) is 0. The SMILES string of the molecule is CCOC(=O)N1CCC(Nc2nc(C)cc(Nc3ccccc3OCC)n2)CC1. The lowest BCUT2D eigenvalue weighted by molar-refractivity contribution is 0.0983. The molecule has 0 spiro atoms. The highest BCUT2D eigenvalue weighted by molar-refractivity contribution is 5.67. The number of hydrogen-bond acceptors (Lipinski definition) is 7. The van der Waals surface area contributed by atoms with Crippen LogP contribution in [0.5, 0.6) is 5.75 Å². The Morgan fingerprint density at radius 1 is 1.17 bits per heavy atom. The maximum atomic E-state index is 11.8. The Hall–Kier alpha value is -3.03. The molecule has 0 radical (unpaired) electrons. The summed E-state index contributed by atoms with van der Waals surface area (Å²) in [4.78, 5) is 22.7. The first-order valence-electron chi connectivity index (χ1n) is 10.1. The van der Waals surface area contributed by atoms with Gasteiger partial charge >= 0.3 is 6.09 Å². The van der Waals surface area contributed by atoms with E-state index >= 15 is 0 Å². The van der Waals surface area contributed by atoms with E-state index in [1.165, 1.54) is 0 Å². The Kier molecular flexibility index (Phi) is 7.10. The van der Waals surface area contributed by atoms with Gasteiger partial charge in [0.25, 0.3) is 0 Å². The molecule has 0 atom stereocenters. The van der Waals surface area contributed by atoms with E-state index in [0.29, 0.717) is 38.1 Å². The van der Waals surface area contributed by atoms with E-state index < -0.39 is 0 Å². The molecule has 0 aliphatic carbocycles. The molecule has 8 nitrogen and oxygen atoms in total. The Labute approximate surface area is 171 Å². The zero-order chi connectivity index (χ0) is 20.6. The smallest absolute Gasteiger partial charge is 0.409 e. The number of rotatable bonds is 7. The number of aryl methyl sites for hydroxylation is 1. The highest BCUT2D eigenvalue weighted by Crippen LogP contribution is 2.27. The third-order valence-corrected chi connectivity index (χ3v) is 4.66. The van der Waals surface area contributed by atoms with Gasteiger partial charge in [-0.3, -0.25) is 0 Å². The second-order valence-corrected chi connectivity index (χ2v) is 6.88. The Balaban J connectivity index is 1.64. The number of piperidine rings is 1. The number of nitrogens with one attached hydrogen (secondary N) is 2. The van der Waals surface area contributed by atoms with Gasteiger partial charge in [0.1, 0.15) is 11.6 Å². The van der Waals surface area contributed by atoms with Crippen molar-refractivity contribution in [2.75, 3.05) is 36.9 Å². The molecule has 0 bridgehead atoms. The van der Waals surface area contributed by atoms with Crippen molar-refractivity contribution in [3.8, 4) is 5.75 Å². The largest absolute Gasteiger partial charge is 0.492 e. The number of benzene rings is 1. The molecule has 2 aromatic rings. The van der Waals surface area contributed by atoms with Gasteiger partial charge < -0.3 is 25.0 Å². The van der Waals surface area contributed by atoms with E-state index in [-0.39, 0.29) is 12.1 Å². The quantitative estimate of drug-likeness (QED) is 0.728. The van der Waals surface area contributed by atoms with Crippen LogP contribution in [0.4, 0.5) is 22.2 Å². The van der Waals surface area contributed by atoms with Crippen LogP contribution >= 0.6 is 0 Å². The number of carbonyl (C=O) groups is 1. The van der Waals surface area contributed by atoms with Crippen LogP contribution in [-0.2, 0) is 4.74 Å². The normalized spacial score (nSPS) is 14.4. The molecule has 0 unspecified atom stereocenters. The van der Waals surface area contributed by atoms with Crippen LogP contribution in [0.25, 0.3) is 0 Å². The molecule has 8 heteroatoms. The minimum Gasteiger partial charge on any atom is -0.492 e. The third-order valence-electron chi connectivity index (χ3n) is 4.66. The monoisotopic (exact) mass is 399 g/mol. The third kappa shape index (κ3) is 5.73. The van der Waals surface area contributed by atoms with Crippen molar-refractivity contribution in [3.63, 3.8) is 0 Å². The number of para-hydroxylation sites is 2. The minimum atomic E-state index is -0.239. The predicted molar refractivity (Wildman–Crippen MR) is 113 cm³/mol. The lowest BCUT2D eigenvalue weighted by Crippen LogP contribution is -2.42. The molecule has 1 saturated heterocycles. The number of likely N-dealkylation sites (tertiary alicyclic amines) is 1. The lowest BCUT2D eigenvalue weighted by atomic mass is 10.1. The molecule has 0 saturated carbocycles. The summed E-state index contributed by atoms with van der Waals surface area (Å²) in [6.45, 7) is 8.04. The highest BCUT2D eigenvalue weighted by Gasteiger charge is 2.24. The highest BCUT2D eigenvalue weighted by atomic mass is 16.6. The number of nitrogens with zero attached hydrogens (tertiary/aromatic N) is 3. The van der Waals surface area contributed by atoms with Crippen LogP contribution in [0.15, 0.2) is 30.3 Å². The molecule has 1 aliphatic heterocycles. The molecular weight excluding hydrogens is 370 g/mol. The fraction of sp³-hybridized carbons (Fsp3) is 0.476. The Morgan fingerprint density at radius 3 is 2.66 bits per heavy atom. The van der Waals surface area contributed by atoms with Gasteiger partial charge in [0.2, 0.25) is 5.95 Å². The summed E-state index contributed by atoms with van der Waals surface area (Å²) >= 11 is 0. The van der Waals surface area contributed by atoms with Crippen molar-refractivity contribution in [1.29, 1.82) is 0 Å². The average molecular weight is 399 g/mol. The molecule has 1 aliphatic rings. The van der Waals surface area contributed by atoms with Crippen LogP contribution in [-0.4, -0.2) is 53.3 Å². The fourth-order valence-corrected chi connectivity index (χ4v) is 3.29. The van der Waals surface area contributed by atoms with Crippen LogP contribution in [0, 0.1) is 6.92 Å². The summed E-state index contributed by atoms with van der Waals surface area (Å²) in [6, 6.07) is 9.90. The Bertz CT molecular complexity index is 822. The maximum Gasteiger partial charge on any atom is 0.409 e. The molecule has 1 aromatic heterocycles. The molecule has 29 heavy (non-hydrogen) atoms. The van der Waals surface area contributed by atoms with Gasteiger partial charge in [-0.1, -0.05) is 12.1 Å². The number of ether oxygens (including phenoxy) is 2. The first kappa shape index (κ1) is 20.7. The van der Waals surface area contributed by atoms with Crippen LogP contribution in [0.1, 0.15) is 32.4 Å². The number of carbonyl (C=O) groups excluding carboxylic acids is 1. The average Bonchev–Trinajstić information content (AvgIpc) is 2.70. The summed E-state index contributed by atoms with van der Waals surface area (Å²) in [6.07, 6.45) is 1.41. The van der Waals surface area contributed by atoms with Gasteiger partial charge in [0.15, 0.2) is 0 Å². The molecule has 2 heterocycles. The molecule has 156 valence electrons. The topological polar surface area (TPSA) is 88.6 Å². The maximum absolute atomic E-state index is 11.8. The van der Waals surface area contributed by atoms with E-state index in [2.05, 4.69) is 20.6 Å². The molecule has 1 fully saturated rings. The summed E-state index contributed by atoms with van der Waals surface area (Å²) in [5.41, 5.74) is 1.73. The standard InChI is InChI=1S/C21H29N5O3/c1-4-28-18-9-7-6-8-17(18)24-19-14-15(3)22-20(25-19)23-16-10-12-26(13-11-16)21(27)29-5-2/h6-9,14,16H,4-5,10-13H2,1-3H3,(H2,22,23,24,25). The van der Waals surface area contributed by atoms with E-state index in [1.807, 2.05) is 51.1 Å². The van der Waals surface area contributed by atoms with Crippen molar-refractivity contribution >= 4 is 23.5 Å². The zero-order valence-corrected chi connectivity index (χ0v) is 17.3. The van der Waals surface area contributed by atoms with E-state index in [1.54, 1.807) is 4.90 Å². The van der Waals surface area contributed by atoms with Gasteiger partial charge in [-0.2, -0.15) is 4.98 Å². The van der Waals surface area contributed by atoms with Gasteiger partial charge in [-0.15, -0.1) is 0 Å². The summed E-state index contributed by atoms with van der Waals surface area (Å²) < 4.78 is 10.7. The second-order valence-electron chi connectivity index (χ2n) is 6.88. The second kappa shape index (κ2) is 9.95. The lowest BCUT2D eigenvalue weighted by Gasteiger charge is -2.31. The van der Waals surface area contributed by atoms with E-state index in [4.69, 9.17) is 9.47 Å². The van der Waals surface area contributed by atoms with Crippen molar-refractivity contribution in [3.05, 3.63) is 36.0 Å². The number of anilines is 3. The first-order chi connectivity index (χ1) is 14.1. The molecule has 1 amide bonds. The van der Waals surface area contributed by atoms with Gasteiger partial charge in [0, 0.05) is 30.9 Å². The van der Waals surface area contributed by atoms with Crippen LogP contribution in [0.2, 0.25) is 0 Å². The molecule has 1 aromatic carbocycles.